The molecule has 106 valence electrons. The molecule has 4 nitrogen and oxygen atoms in total. The van der Waals surface area contributed by atoms with Crippen molar-refractivity contribution in [2.75, 3.05) is 0 Å². The fourth-order valence-electron chi connectivity index (χ4n) is 2.81. The molecule has 2 aromatic rings. The summed E-state index contributed by atoms with van der Waals surface area (Å²) in [7, 11) is 1.97. The molecule has 0 saturated carbocycles. The zero-order chi connectivity index (χ0) is 13.9. The van der Waals surface area contributed by atoms with E-state index in [1.165, 1.54) is 16.1 Å². The molecule has 0 aliphatic heterocycles. The molecule has 0 spiro atoms. The summed E-state index contributed by atoms with van der Waals surface area (Å²) >= 11 is 1.71. The molecule has 2 heterocycles. The van der Waals surface area contributed by atoms with E-state index < -0.39 is 0 Å². The van der Waals surface area contributed by atoms with Gasteiger partial charge in [-0.2, -0.15) is 5.10 Å². The van der Waals surface area contributed by atoms with Crippen LogP contribution in [0.5, 0.6) is 0 Å². The summed E-state index contributed by atoms with van der Waals surface area (Å²) in [6.07, 6.45) is 6.49. The standard InChI is InChI=1S/C15H19N3OS/c1-18-14-6-2-5-13(12(14)10-16-18)17-15(19)8-7-11-4-3-9-20-11/h3-4,9-10,13H,2,5-8H2,1H3,(H,17,19). The number of carbonyl (C=O) groups is 1. The fourth-order valence-corrected chi connectivity index (χ4v) is 3.52. The molecule has 0 bridgehead atoms. The molecule has 20 heavy (non-hydrogen) atoms. The predicted molar refractivity (Wildman–Crippen MR) is 79.7 cm³/mol. The zero-order valence-corrected chi connectivity index (χ0v) is 12.4. The van der Waals surface area contributed by atoms with Gasteiger partial charge in [-0.05, 0) is 37.1 Å². The van der Waals surface area contributed by atoms with E-state index in [0.29, 0.717) is 6.42 Å². The van der Waals surface area contributed by atoms with Crippen LogP contribution in [-0.2, 0) is 24.7 Å². The van der Waals surface area contributed by atoms with Gasteiger partial charge in [0.15, 0.2) is 0 Å². The largest absolute Gasteiger partial charge is 0.349 e. The Labute approximate surface area is 122 Å². The van der Waals surface area contributed by atoms with Gasteiger partial charge in [0.1, 0.15) is 0 Å². The molecule has 0 radical (unpaired) electrons. The van der Waals surface area contributed by atoms with Crippen LogP contribution in [0.25, 0.3) is 0 Å². The Balaban J connectivity index is 1.59. The third kappa shape index (κ3) is 2.77. The first kappa shape index (κ1) is 13.4. The molecule has 5 heteroatoms. The maximum absolute atomic E-state index is 12.1. The Hall–Kier alpha value is -1.62. The summed E-state index contributed by atoms with van der Waals surface area (Å²) in [6.45, 7) is 0. The van der Waals surface area contributed by atoms with E-state index in [-0.39, 0.29) is 11.9 Å². The van der Waals surface area contributed by atoms with Crippen LogP contribution in [0.3, 0.4) is 0 Å². The van der Waals surface area contributed by atoms with Gasteiger partial charge >= 0.3 is 0 Å². The van der Waals surface area contributed by atoms with E-state index in [4.69, 9.17) is 0 Å². The molecule has 0 saturated heterocycles. The molecule has 0 aromatic carbocycles. The van der Waals surface area contributed by atoms with E-state index in [0.717, 1.165) is 25.7 Å². The molecule has 1 unspecified atom stereocenters. The van der Waals surface area contributed by atoms with Crippen molar-refractivity contribution < 1.29 is 4.79 Å². The van der Waals surface area contributed by atoms with Crippen molar-refractivity contribution in [1.82, 2.24) is 15.1 Å². The molecular formula is C15H19N3OS. The first-order chi connectivity index (χ1) is 9.74. The number of aryl methyl sites for hydroxylation is 2. The van der Waals surface area contributed by atoms with Crippen LogP contribution < -0.4 is 5.32 Å². The number of nitrogens with one attached hydrogen (secondary N) is 1. The Morgan fingerprint density at radius 3 is 3.30 bits per heavy atom. The lowest BCUT2D eigenvalue weighted by Gasteiger charge is -2.23. The van der Waals surface area contributed by atoms with E-state index >= 15 is 0 Å². The van der Waals surface area contributed by atoms with Gasteiger partial charge in [0.05, 0.1) is 12.2 Å². The van der Waals surface area contributed by atoms with Crippen molar-refractivity contribution in [3.8, 4) is 0 Å². The number of thiophene rings is 1. The minimum absolute atomic E-state index is 0.139. The monoisotopic (exact) mass is 289 g/mol. The van der Waals surface area contributed by atoms with E-state index in [1.54, 1.807) is 11.3 Å². The van der Waals surface area contributed by atoms with Gasteiger partial charge in [-0.1, -0.05) is 6.07 Å². The van der Waals surface area contributed by atoms with Crippen molar-refractivity contribution in [2.24, 2.45) is 7.05 Å². The third-order valence-electron chi connectivity index (χ3n) is 3.89. The number of hydrogen-bond acceptors (Lipinski definition) is 3. The maximum Gasteiger partial charge on any atom is 0.220 e. The van der Waals surface area contributed by atoms with Crippen molar-refractivity contribution in [1.29, 1.82) is 0 Å². The highest BCUT2D eigenvalue weighted by molar-refractivity contribution is 7.09. The van der Waals surface area contributed by atoms with Crippen LogP contribution >= 0.6 is 11.3 Å². The minimum atomic E-state index is 0.139. The molecule has 1 atom stereocenters. The average molecular weight is 289 g/mol. The number of nitrogens with zero attached hydrogens (tertiary/aromatic N) is 2. The van der Waals surface area contributed by atoms with E-state index in [1.807, 2.05) is 24.0 Å². The Bertz CT molecular complexity index is 588. The van der Waals surface area contributed by atoms with Crippen molar-refractivity contribution in [2.45, 2.75) is 38.1 Å². The summed E-state index contributed by atoms with van der Waals surface area (Å²) in [6, 6.07) is 4.25. The van der Waals surface area contributed by atoms with Gasteiger partial charge in [-0.15, -0.1) is 11.3 Å². The molecule has 0 fully saturated rings. The van der Waals surface area contributed by atoms with Crippen LogP contribution in [0, 0.1) is 0 Å². The molecule has 3 rings (SSSR count). The first-order valence-corrected chi connectivity index (χ1v) is 7.94. The Morgan fingerprint density at radius 1 is 1.60 bits per heavy atom. The average Bonchev–Trinajstić information content (AvgIpc) is 3.08. The molecule has 1 aliphatic carbocycles. The summed E-state index contributed by atoms with van der Waals surface area (Å²) in [5.41, 5.74) is 2.46. The van der Waals surface area contributed by atoms with Crippen LogP contribution in [-0.4, -0.2) is 15.7 Å². The summed E-state index contributed by atoms with van der Waals surface area (Å²) in [5.74, 6) is 0.139. The van der Waals surface area contributed by atoms with Crippen LogP contribution in [0.4, 0.5) is 0 Å². The van der Waals surface area contributed by atoms with Crippen molar-refractivity contribution in [3.05, 3.63) is 39.8 Å². The third-order valence-corrected chi connectivity index (χ3v) is 4.83. The van der Waals surface area contributed by atoms with Crippen LogP contribution in [0.2, 0.25) is 0 Å². The second-order valence-electron chi connectivity index (χ2n) is 5.26. The van der Waals surface area contributed by atoms with Gasteiger partial charge in [0.2, 0.25) is 5.91 Å². The lowest BCUT2D eigenvalue weighted by molar-refractivity contribution is -0.121. The second-order valence-corrected chi connectivity index (χ2v) is 6.29. The summed E-state index contributed by atoms with van der Waals surface area (Å²) < 4.78 is 1.93. The number of carbonyl (C=O) groups excluding carboxylic acids is 1. The van der Waals surface area contributed by atoms with Gasteiger partial charge in [-0.3, -0.25) is 9.48 Å². The number of aromatic nitrogens is 2. The fraction of sp³-hybridized carbons (Fsp3) is 0.467. The number of rotatable bonds is 4. The highest BCUT2D eigenvalue weighted by Gasteiger charge is 2.24. The van der Waals surface area contributed by atoms with Crippen molar-refractivity contribution >= 4 is 17.2 Å². The van der Waals surface area contributed by atoms with Crippen LogP contribution in [0.1, 0.15) is 41.4 Å². The predicted octanol–water partition coefficient (Wildman–Crippen LogP) is 2.61. The quantitative estimate of drug-likeness (QED) is 0.940. The highest BCUT2D eigenvalue weighted by Crippen LogP contribution is 2.29. The molecule has 1 aliphatic rings. The Morgan fingerprint density at radius 2 is 2.50 bits per heavy atom. The Kier molecular flexibility index (Phi) is 3.87. The first-order valence-electron chi connectivity index (χ1n) is 7.06. The molecule has 1 N–H and O–H groups in total. The smallest absolute Gasteiger partial charge is 0.220 e. The number of hydrogen-bond donors (Lipinski definition) is 1. The minimum Gasteiger partial charge on any atom is -0.349 e. The topological polar surface area (TPSA) is 46.9 Å². The van der Waals surface area contributed by atoms with Gasteiger partial charge in [-0.25, -0.2) is 0 Å². The molecular weight excluding hydrogens is 270 g/mol. The second kappa shape index (κ2) is 5.79. The molecule has 2 aromatic heterocycles. The number of amides is 1. The SMILES string of the molecule is Cn1ncc2c1CCCC2NC(=O)CCc1cccs1. The maximum atomic E-state index is 12.1. The number of fused-ring (bicyclic) bond motifs is 1. The molecule has 1 amide bonds. The lowest BCUT2D eigenvalue weighted by atomic mass is 9.93. The van der Waals surface area contributed by atoms with Gasteiger partial charge in [0, 0.05) is 29.6 Å². The van der Waals surface area contributed by atoms with Crippen LogP contribution in [0.15, 0.2) is 23.7 Å². The zero-order valence-electron chi connectivity index (χ0n) is 11.6. The van der Waals surface area contributed by atoms with Gasteiger partial charge < -0.3 is 5.32 Å². The van der Waals surface area contributed by atoms with E-state index in [2.05, 4.69) is 21.9 Å². The summed E-state index contributed by atoms with van der Waals surface area (Å²) in [4.78, 5) is 13.4. The summed E-state index contributed by atoms with van der Waals surface area (Å²) in [5, 5.41) is 9.52. The van der Waals surface area contributed by atoms with Gasteiger partial charge in [0.25, 0.3) is 0 Å². The van der Waals surface area contributed by atoms with Crippen molar-refractivity contribution in [3.63, 3.8) is 0 Å². The lowest BCUT2D eigenvalue weighted by Crippen LogP contribution is -2.31. The normalized spacial score (nSPS) is 17.8. The highest BCUT2D eigenvalue weighted by atomic mass is 32.1. The van der Waals surface area contributed by atoms with E-state index in [9.17, 15) is 4.79 Å².